The number of hydrogen-bond donors (Lipinski definition) is 2. The summed E-state index contributed by atoms with van der Waals surface area (Å²) < 4.78 is 17.7. The number of esters is 1. The molecule has 6 rings (SSSR count). The Morgan fingerprint density at radius 2 is 1.82 bits per heavy atom. The number of carbonyl (C=O) groups excluding carboxylic acids is 1. The fourth-order valence-electron chi connectivity index (χ4n) is 9.10. The standard InChI is InChI=1S/C26H34O7/c1-14(27)32-21-20(15-4-5-19(29)31-13-15)24(3)10-7-17-18(26(24)22(21)33-26)8-11-25(30)12-16(28)6-9-23(17,25)2/h4-5,13,16-18,20-22,28,30H,6-12H2,1-3H3/t16-,17?,18?,20-,21+,22+,23+,24+,25-,26+/m0/s1. The van der Waals surface area contributed by atoms with Crippen molar-refractivity contribution in [3.8, 4) is 0 Å². The zero-order valence-corrected chi connectivity index (χ0v) is 19.6. The molecule has 0 bridgehead atoms. The van der Waals surface area contributed by atoms with Crippen molar-refractivity contribution >= 4 is 5.97 Å². The van der Waals surface area contributed by atoms with Gasteiger partial charge in [0, 0.05) is 30.7 Å². The van der Waals surface area contributed by atoms with Gasteiger partial charge in [-0.1, -0.05) is 13.8 Å². The molecule has 5 fully saturated rings. The molecule has 4 saturated carbocycles. The fourth-order valence-corrected chi connectivity index (χ4v) is 9.10. The number of aliphatic hydroxyl groups excluding tert-OH is 1. The summed E-state index contributed by atoms with van der Waals surface area (Å²) in [4.78, 5) is 23.7. The quantitative estimate of drug-likeness (QED) is 0.518. The molecule has 2 unspecified atom stereocenters. The maximum absolute atomic E-state index is 12.1. The monoisotopic (exact) mass is 458 g/mol. The third kappa shape index (κ3) is 2.62. The van der Waals surface area contributed by atoms with Gasteiger partial charge in [0.1, 0.15) is 17.8 Å². The summed E-state index contributed by atoms with van der Waals surface area (Å²) in [5.41, 5.74) is -1.34. The Morgan fingerprint density at radius 1 is 1.09 bits per heavy atom. The average molecular weight is 459 g/mol. The van der Waals surface area contributed by atoms with Crippen LogP contribution in [-0.4, -0.2) is 45.7 Å². The molecule has 1 spiro atoms. The number of ether oxygens (including phenoxy) is 2. The first-order valence-corrected chi connectivity index (χ1v) is 12.4. The molecule has 1 aromatic rings. The number of epoxide rings is 1. The van der Waals surface area contributed by atoms with E-state index >= 15 is 0 Å². The molecule has 0 amide bonds. The second-order valence-electron chi connectivity index (χ2n) is 11.8. The molecule has 7 nitrogen and oxygen atoms in total. The molecular weight excluding hydrogens is 424 g/mol. The van der Waals surface area contributed by atoms with Crippen molar-refractivity contribution in [3.63, 3.8) is 0 Å². The molecule has 7 heteroatoms. The Kier molecular flexibility index (Phi) is 4.43. The van der Waals surface area contributed by atoms with Crippen LogP contribution >= 0.6 is 0 Å². The van der Waals surface area contributed by atoms with E-state index < -0.39 is 29.0 Å². The van der Waals surface area contributed by atoms with E-state index in [1.807, 2.05) is 0 Å². The molecule has 4 aliphatic carbocycles. The summed E-state index contributed by atoms with van der Waals surface area (Å²) in [6.07, 6.45) is 5.74. The van der Waals surface area contributed by atoms with Gasteiger partial charge in [-0.25, -0.2) is 4.79 Å². The molecular formula is C26H34O7. The lowest BCUT2D eigenvalue weighted by atomic mass is 9.42. The molecule has 180 valence electrons. The lowest BCUT2D eigenvalue weighted by molar-refractivity contribution is -0.224. The van der Waals surface area contributed by atoms with Crippen LogP contribution < -0.4 is 5.63 Å². The second kappa shape index (κ2) is 6.70. The third-order valence-corrected chi connectivity index (χ3v) is 10.6. The largest absolute Gasteiger partial charge is 0.459 e. The van der Waals surface area contributed by atoms with Crippen LogP contribution in [0.3, 0.4) is 0 Å². The van der Waals surface area contributed by atoms with Crippen LogP contribution in [-0.2, 0) is 14.3 Å². The lowest BCUT2D eigenvalue weighted by Crippen LogP contribution is -2.65. The predicted octanol–water partition coefficient (Wildman–Crippen LogP) is 2.91. The van der Waals surface area contributed by atoms with Crippen molar-refractivity contribution in [2.24, 2.45) is 22.7 Å². The van der Waals surface area contributed by atoms with Gasteiger partial charge in [-0.15, -0.1) is 0 Å². The maximum atomic E-state index is 12.1. The molecule has 2 N–H and O–H groups in total. The van der Waals surface area contributed by atoms with Crippen LogP contribution in [0.4, 0.5) is 0 Å². The van der Waals surface area contributed by atoms with Crippen LogP contribution in [0.5, 0.6) is 0 Å². The van der Waals surface area contributed by atoms with E-state index in [2.05, 4.69) is 13.8 Å². The van der Waals surface area contributed by atoms with Gasteiger partial charge in [0.25, 0.3) is 0 Å². The third-order valence-electron chi connectivity index (χ3n) is 10.6. The van der Waals surface area contributed by atoms with Crippen molar-refractivity contribution < 1.29 is 28.9 Å². The van der Waals surface area contributed by atoms with Crippen LogP contribution in [0, 0.1) is 22.7 Å². The molecule has 1 aliphatic heterocycles. The van der Waals surface area contributed by atoms with E-state index in [0.29, 0.717) is 12.8 Å². The predicted molar refractivity (Wildman–Crippen MR) is 117 cm³/mol. The number of fused-ring (bicyclic) bond motifs is 3. The van der Waals surface area contributed by atoms with Gasteiger partial charge in [0.05, 0.1) is 18.0 Å². The highest BCUT2D eigenvalue weighted by Gasteiger charge is 2.85. The summed E-state index contributed by atoms with van der Waals surface area (Å²) in [6.45, 7) is 5.89. The van der Waals surface area contributed by atoms with Gasteiger partial charge >= 0.3 is 11.6 Å². The first-order valence-electron chi connectivity index (χ1n) is 12.4. The van der Waals surface area contributed by atoms with Gasteiger partial charge in [-0.2, -0.15) is 0 Å². The molecule has 2 heterocycles. The van der Waals surface area contributed by atoms with E-state index in [-0.39, 0.29) is 40.7 Å². The summed E-state index contributed by atoms with van der Waals surface area (Å²) in [5.74, 6) is 0.0816. The summed E-state index contributed by atoms with van der Waals surface area (Å²) >= 11 is 0. The van der Waals surface area contributed by atoms with Crippen LogP contribution in [0.15, 0.2) is 27.6 Å². The van der Waals surface area contributed by atoms with Crippen LogP contribution in [0.25, 0.3) is 0 Å². The summed E-state index contributed by atoms with van der Waals surface area (Å²) in [6, 6.07) is 3.23. The van der Waals surface area contributed by atoms with Crippen molar-refractivity contribution in [3.05, 3.63) is 34.4 Å². The van der Waals surface area contributed by atoms with Gasteiger partial charge < -0.3 is 24.1 Å². The zero-order chi connectivity index (χ0) is 23.4. The van der Waals surface area contributed by atoms with Gasteiger partial charge in [0.15, 0.2) is 0 Å². The smallest absolute Gasteiger partial charge is 0.335 e. The molecule has 5 aliphatic rings. The number of rotatable bonds is 2. The van der Waals surface area contributed by atoms with Crippen LogP contribution in [0.1, 0.15) is 77.2 Å². The summed E-state index contributed by atoms with van der Waals surface area (Å²) in [7, 11) is 0. The SMILES string of the molecule is CC(=O)O[C@H]1[C@H]2O[C@]23C2CC[C@]4(O)C[C@@H](O)CC[C@]4(C)C2CC[C@]3(C)[C@H]1c1ccc(=O)oc1. The van der Waals surface area contributed by atoms with E-state index in [9.17, 15) is 19.8 Å². The van der Waals surface area contributed by atoms with Crippen molar-refractivity contribution in [2.75, 3.05) is 0 Å². The van der Waals surface area contributed by atoms with Crippen molar-refractivity contribution in [2.45, 2.75) is 101 Å². The second-order valence-corrected chi connectivity index (χ2v) is 11.8. The van der Waals surface area contributed by atoms with E-state index in [1.54, 1.807) is 6.07 Å². The molecule has 1 aromatic heterocycles. The van der Waals surface area contributed by atoms with Gasteiger partial charge in [0.2, 0.25) is 0 Å². The Bertz CT molecular complexity index is 1030. The fraction of sp³-hybridized carbons (Fsp3) is 0.769. The lowest BCUT2D eigenvalue weighted by Gasteiger charge is -2.63. The molecule has 1 saturated heterocycles. The van der Waals surface area contributed by atoms with Gasteiger partial charge in [-0.3, -0.25) is 4.79 Å². The molecule has 10 atom stereocenters. The van der Waals surface area contributed by atoms with Crippen molar-refractivity contribution in [1.82, 2.24) is 0 Å². The maximum Gasteiger partial charge on any atom is 0.335 e. The molecule has 0 radical (unpaired) electrons. The minimum Gasteiger partial charge on any atom is -0.459 e. The minimum absolute atomic E-state index is 0.118. The molecule has 33 heavy (non-hydrogen) atoms. The highest BCUT2D eigenvalue weighted by Crippen LogP contribution is 2.78. The minimum atomic E-state index is -0.850. The summed E-state index contributed by atoms with van der Waals surface area (Å²) in [5, 5.41) is 22.0. The number of aliphatic hydroxyl groups is 2. The van der Waals surface area contributed by atoms with Gasteiger partial charge in [-0.05, 0) is 67.4 Å². The van der Waals surface area contributed by atoms with E-state index in [4.69, 9.17) is 13.9 Å². The Labute approximate surface area is 193 Å². The van der Waals surface area contributed by atoms with Crippen molar-refractivity contribution in [1.29, 1.82) is 0 Å². The highest BCUT2D eigenvalue weighted by atomic mass is 16.7. The average Bonchev–Trinajstić information content (AvgIpc) is 3.45. The van der Waals surface area contributed by atoms with E-state index in [1.165, 1.54) is 19.3 Å². The number of hydrogen-bond acceptors (Lipinski definition) is 7. The topological polar surface area (TPSA) is 110 Å². The first kappa shape index (κ1) is 21.8. The highest BCUT2D eigenvalue weighted by molar-refractivity contribution is 5.66. The Balaban J connectivity index is 1.42. The number of carbonyl (C=O) groups is 1. The zero-order valence-electron chi connectivity index (χ0n) is 19.6. The normalized spacial score (nSPS) is 52.2. The van der Waals surface area contributed by atoms with E-state index in [0.717, 1.165) is 37.7 Å². The molecule has 0 aromatic carbocycles. The van der Waals surface area contributed by atoms with Crippen LogP contribution in [0.2, 0.25) is 0 Å². The Hall–Kier alpha value is -1.70. The Morgan fingerprint density at radius 3 is 2.52 bits per heavy atom. The first-order chi connectivity index (χ1) is 15.6.